The minimum atomic E-state index is -0.0331. The lowest BCUT2D eigenvalue weighted by Gasteiger charge is -2.16. The highest BCUT2D eigenvalue weighted by molar-refractivity contribution is 5.74. The van der Waals surface area contributed by atoms with E-state index in [2.05, 4.69) is 22.7 Å². The van der Waals surface area contributed by atoms with Crippen molar-refractivity contribution in [3.63, 3.8) is 0 Å². The van der Waals surface area contributed by atoms with E-state index in [1.54, 1.807) is 6.20 Å². The Morgan fingerprint density at radius 3 is 2.94 bits per heavy atom. The van der Waals surface area contributed by atoms with Gasteiger partial charge in [0.1, 0.15) is 0 Å². The SMILES string of the molecule is CC(CNC(=O)NC1CCCC1)Cn1cccn1. The van der Waals surface area contributed by atoms with E-state index in [1.165, 1.54) is 12.8 Å². The number of rotatable bonds is 5. The molecule has 1 fully saturated rings. The Kier molecular flexibility index (Phi) is 4.61. The number of hydrogen-bond acceptors (Lipinski definition) is 2. The molecule has 1 atom stereocenters. The Morgan fingerprint density at radius 2 is 2.28 bits per heavy atom. The second kappa shape index (κ2) is 6.42. The van der Waals surface area contributed by atoms with Gasteiger partial charge in [0.15, 0.2) is 0 Å². The van der Waals surface area contributed by atoms with E-state index in [4.69, 9.17) is 0 Å². The van der Waals surface area contributed by atoms with Gasteiger partial charge in [-0.2, -0.15) is 5.10 Å². The molecule has 0 bridgehead atoms. The molecule has 0 saturated heterocycles. The second-order valence-corrected chi connectivity index (χ2v) is 5.17. The van der Waals surface area contributed by atoms with Crippen molar-refractivity contribution < 1.29 is 4.79 Å². The summed E-state index contributed by atoms with van der Waals surface area (Å²) < 4.78 is 1.89. The molecule has 2 N–H and O–H groups in total. The molecule has 2 amide bonds. The highest BCUT2D eigenvalue weighted by Gasteiger charge is 2.17. The third-order valence-corrected chi connectivity index (χ3v) is 3.36. The Balaban J connectivity index is 1.62. The molecule has 1 aromatic rings. The van der Waals surface area contributed by atoms with Gasteiger partial charge in [0.2, 0.25) is 0 Å². The number of aromatic nitrogens is 2. The predicted octanol–water partition coefficient (Wildman–Crippen LogP) is 1.76. The molecule has 1 aromatic heterocycles. The number of amides is 2. The van der Waals surface area contributed by atoms with E-state index in [0.29, 0.717) is 18.5 Å². The smallest absolute Gasteiger partial charge is 0.315 e. The van der Waals surface area contributed by atoms with Gasteiger partial charge in [-0.25, -0.2) is 4.79 Å². The zero-order chi connectivity index (χ0) is 12.8. The molecule has 100 valence electrons. The van der Waals surface area contributed by atoms with Gasteiger partial charge in [-0.3, -0.25) is 4.68 Å². The lowest BCUT2D eigenvalue weighted by molar-refractivity contribution is 0.234. The molecule has 1 saturated carbocycles. The van der Waals surface area contributed by atoms with Crippen LogP contribution >= 0.6 is 0 Å². The van der Waals surface area contributed by atoms with E-state index >= 15 is 0 Å². The number of carbonyl (C=O) groups is 1. The van der Waals surface area contributed by atoms with Crippen LogP contribution < -0.4 is 10.6 Å². The maximum atomic E-state index is 11.7. The Bertz CT molecular complexity index is 357. The van der Waals surface area contributed by atoms with Gasteiger partial charge in [-0.15, -0.1) is 0 Å². The maximum Gasteiger partial charge on any atom is 0.315 e. The van der Waals surface area contributed by atoms with Gasteiger partial charge < -0.3 is 10.6 Å². The average molecular weight is 250 g/mol. The number of nitrogens with one attached hydrogen (secondary N) is 2. The first kappa shape index (κ1) is 12.9. The fourth-order valence-corrected chi connectivity index (χ4v) is 2.37. The van der Waals surface area contributed by atoms with Crippen LogP contribution in [-0.2, 0) is 6.54 Å². The van der Waals surface area contributed by atoms with E-state index in [1.807, 2.05) is 16.9 Å². The van der Waals surface area contributed by atoms with Crippen LogP contribution in [-0.4, -0.2) is 28.4 Å². The van der Waals surface area contributed by atoms with Crippen molar-refractivity contribution >= 4 is 6.03 Å². The van der Waals surface area contributed by atoms with Crippen molar-refractivity contribution in [3.8, 4) is 0 Å². The first-order chi connectivity index (χ1) is 8.74. The van der Waals surface area contributed by atoms with Crippen molar-refractivity contribution in [2.24, 2.45) is 5.92 Å². The lowest BCUT2D eigenvalue weighted by Crippen LogP contribution is -2.42. The molecule has 18 heavy (non-hydrogen) atoms. The lowest BCUT2D eigenvalue weighted by atomic mass is 10.2. The van der Waals surface area contributed by atoms with Gasteiger partial charge in [0, 0.05) is 31.5 Å². The molecular formula is C13H22N4O. The van der Waals surface area contributed by atoms with Crippen LogP contribution in [0.15, 0.2) is 18.5 Å². The van der Waals surface area contributed by atoms with Crippen LogP contribution in [0, 0.1) is 5.92 Å². The summed E-state index contributed by atoms with van der Waals surface area (Å²) in [6.07, 6.45) is 8.43. The Morgan fingerprint density at radius 1 is 1.50 bits per heavy atom. The van der Waals surface area contributed by atoms with Crippen LogP contribution in [0.3, 0.4) is 0 Å². The number of carbonyl (C=O) groups excluding carboxylic acids is 1. The fraction of sp³-hybridized carbons (Fsp3) is 0.692. The molecule has 1 unspecified atom stereocenters. The molecule has 0 radical (unpaired) electrons. The summed E-state index contributed by atoms with van der Waals surface area (Å²) >= 11 is 0. The molecule has 1 aliphatic carbocycles. The highest BCUT2D eigenvalue weighted by Crippen LogP contribution is 2.17. The molecule has 2 rings (SSSR count). The molecule has 1 heterocycles. The quantitative estimate of drug-likeness (QED) is 0.836. The van der Waals surface area contributed by atoms with E-state index in [0.717, 1.165) is 19.4 Å². The predicted molar refractivity (Wildman–Crippen MR) is 70.2 cm³/mol. The Labute approximate surface area is 108 Å². The van der Waals surface area contributed by atoms with Gasteiger partial charge >= 0.3 is 6.03 Å². The van der Waals surface area contributed by atoms with Gasteiger partial charge in [0.25, 0.3) is 0 Å². The molecule has 1 aliphatic rings. The second-order valence-electron chi connectivity index (χ2n) is 5.17. The molecule has 0 aliphatic heterocycles. The van der Waals surface area contributed by atoms with E-state index < -0.39 is 0 Å². The first-order valence-electron chi connectivity index (χ1n) is 6.76. The summed E-state index contributed by atoms with van der Waals surface area (Å²) in [5, 5.41) is 10.1. The van der Waals surface area contributed by atoms with E-state index in [9.17, 15) is 4.79 Å². The summed E-state index contributed by atoms with van der Waals surface area (Å²) in [5.74, 6) is 0.374. The third-order valence-electron chi connectivity index (χ3n) is 3.36. The molecule has 0 aromatic carbocycles. The standard InChI is InChI=1S/C13H22N4O/c1-11(10-17-8-4-7-15-17)9-14-13(18)16-12-5-2-3-6-12/h4,7-8,11-12H,2-3,5-6,9-10H2,1H3,(H2,14,16,18). The van der Waals surface area contributed by atoms with Crippen molar-refractivity contribution in [2.75, 3.05) is 6.54 Å². The minimum Gasteiger partial charge on any atom is -0.338 e. The Hall–Kier alpha value is -1.52. The van der Waals surface area contributed by atoms with Crippen LogP contribution in [0.2, 0.25) is 0 Å². The molecule has 0 spiro atoms. The number of urea groups is 1. The van der Waals surface area contributed by atoms with Crippen molar-refractivity contribution in [2.45, 2.75) is 45.2 Å². The average Bonchev–Trinajstić information content (AvgIpc) is 2.99. The van der Waals surface area contributed by atoms with Crippen molar-refractivity contribution in [3.05, 3.63) is 18.5 Å². The summed E-state index contributed by atoms with van der Waals surface area (Å²) in [5.41, 5.74) is 0. The van der Waals surface area contributed by atoms with Crippen LogP contribution in [0.25, 0.3) is 0 Å². The summed E-state index contributed by atoms with van der Waals surface area (Å²) in [4.78, 5) is 11.7. The zero-order valence-electron chi connectivity index (χ0n) is 10.9. The summed E-state index contributed by atoms with van der Waals surface area (Å²) in [6, 6.07) is 2.26. The van der Waals surface area contributed by atoms with Gasteiger partial charge in [-0.1, -0.05) is 19.8 Å². The van der Waals surface area contributed by atoms with Crippen molar-refractivity contribution in [1.29, 1.82) is 0 Å². The number of hydrogen-bond donors (Lipinski definition) is 2. The molecular weight excluding hydrogens is 228 g/mol. The van der Waals surface area contributed by atoms with Crippen LogP contribution in [0.4, 0.5) is 4.79 Å². The number of nitrogens with zero attached hydrogens (tertiary/aromatic N) is 2. The topological polar surface area (TPSA) is 59.0 Å². The maximum absolute atomic E-state index is 11.7. The monoisotopic (exact) mass is 250 g/mol. The van der Waals surface area contributed by atoms with Gasteiger partial charge in [-0.05, 0) is 24.8 Å². The molecule has 5 nitrogen and oxygen atoms in total. The van der Waals surface area contributed by atoms with Gasteiger partial charge in [0.05, 0.1) is 0 Å². The molecule has 5 heteroatoms. The summed E-state index contributed by atoms with van der Waals surface area (Å²) in [7, 11) is 0. The normalized spacial score (nSPS) is 17.6. The fourth-order valence-electron chi connectivity index (χ4n) is 2.37. The largest absolute Gasteiger partial charge is 0.338 e. The van der Waals surface area contributed by atoms with Crippen LogP contribution in [0.5, 0.6) is 0 Å². The van der Waals surface area contributed by atoms with Crippen LogP contribution in [0.1, 0.15) is 32.6 Å². The first-order valence-corrected chi connectivity index (χ1v) is 6.76. The minimum absolute atomic E-state index is 0.0331. The summed E-state index contributed by atoms with van der Waals surface area (Å²) in [6.45, 7) is 3.62. The van der Waals surface area contributed by atoms with Crippen molar-refractivity contribution in [1.82, 2.24) is 20.4 Å². The third kappa shape index (κ3) is 4.05. The zero-order valence-corrected chi connectivity index (χ0v) is 10.9. The highest BCUT2D eigenvalue weighted by atomic mass is 16.2. The van der Waals surface area contributed by atoms with E-state index in [-0.39, 0.29) is 6.03 Å².